The number of ketones is 1. The van der Waals surface area contributed by atoms with Crippen LogP contribution in [0, 0.1) is 0 Å². The molecule has 20 heavy (non-hydrogen) atoms. The van der Waals surface area contributed by atoms with E-state index >= 15 is 0 Å². The van der Waals surface area contributed by atoms with E-state index in [1.165, 1.54) is 0 Å². The maximum absolute atomic E-state index is 11.9. The summed E-state index contributed by atoms with van der Waals surface area (Å²) in [4.78, 5) is 23.8. The number of alkyl carbamates (subject to hydrolysis) is 1. The molecule has 1 saturated carbocycles. The highest BCUT2D eigenvalue weighted by Gasteiger charge is 2.38. The zero-order valence-electron chi connectivity index (χ0n) is 11.9. The Morgan fingerprint density at radius 3 is 2.40 bits per heavy atom. The molecule has 0 bridgehead atoms. The summed E-state index contributed by atoms with van der Waals surface area (Å²) in [5.74, 6) is 0.0221. The van der Waals surface area contributed by atoms with Crippen LogP contribution in [0.25, 0.3) is 0 Å². The number of nitrogens with one attached hydrogen (secondary N) is 1. The number of rotatable bonds is 4. The van der Waals surface area contributed by atoms with Gasteiger partial charge >= 0.3 is 6.09 Å². The molecule has 2 rings (SSSR count). The van der Waals surface area contributed by atoms with Crippen molar-refractivity contribution in [2.24, 2.45) is 0 Å². The van der Waals surface area contributed by atoms with Crippen molar-refractivity contribution < 1.29 is 14.3 Å². The molecule has 0 radical (unpaired) electrons. The lowest BCUT2D eigenvalue weighted by atomic mass is 9.79. The molecule has 108 valence electrons. The van der Waals surface area contributed by atoms with Gasteiger partial charge in [-0.25, -0.2) is 4.79 Å². The molecule has 4 heteroatoms. The quantitative estimate of drug-likeness (QED) is 0.918. The van der Waals surface area contributed by atoms with Gasteiger partial charge in [-0.1, -0.05) is 49.6 Å². The van der Waals surface area contributed by atoms with Crippen molar-refractivity contribution in [1.29, 1.82) is 0 Å². The van der Waals surface area contributed by atoms with Crippen LogP contribution in [-0.4, -0.2) is 17.4 Å². The van der Waals surface area contributed by atoms with Crippen molar-refractivity contribution in [3.8, 4) is 0 Å². The average Bonchev–Trinajstić information content (AvgIpc) is 2.47. The first-order valence-corrected chi connectivity index (χ1v) is 7.12. The first kappa shape index (κ1) is 14.6. The van der Waals surface area contributed by atoms with Gasteiger partial charge in [0.05, 0.1) is 0 Å². The molecule has 1 aliphatic carbocycles. The Labute approximate surface area is 119 Å². The van der Waals surface area contributed by atoms with Gasteiger partial charge in [-0.05, 0) is 25.3 Å². The zero-order valence-corrected chi connectivity index (χ0v) is 11.9. The molecule has 0 spiro atoms. The minimum atomic E-state index is -0.716. The summed E-state index contributed by atoms with van der Waals surface area (Å²) < 4.78 is 5.20. The van der Waals surface area contributed by atoms with Crippen LogP contribution in [0.2, 0.25) is 0 Å². The third-order valence-electron chi connectivity index (χ3n) is 3.94. The monoisotopic (exact) mass is 275 g/mol. The minimum Gasteiger partial charge on any atom is -0.445 e. The van der Waals surface area contributed by atoms with Gasteiger partial charge < -0.3 is 10.1 Å². The molecule has 0 atom stereocenters. The highest BCUT2D eigenvalue weighted by atomic mass is 16.5. The first-order chi connectivity index (χ1) is 9.62. The van der Waals surface area contributed by atoms with Crippen LogP contribution in [-0.2, 0) is 16.1 Å². The topological polar surface area (TPSA) is 55.4 Å². The summed E-state index contributed by atoms with van der Waals surface area (Å²) in [6.07, 6.45) is 3.98. The normalized spacial score (nSPS) is 17.2. The average molecular weight is 275 g/mol. The molecular formula is C16H21NO3. The number of carbonyl (C=O) groups is 2. The second-order valence-electron chi connectivity index (χ2n) is 5.39. The second-order valence-corrected chi connectivity index (χ2v) is 5.39. The van der Waals surface area contributed by atoms with Crippen molar-refractivity contribution in [2.75, 3.05) is 0 Å². The van der Waals surface area contributed by atoms with Gasteiger partial charge in [-0.15, -0.1) is 0 Å². The van der Waals surface area contributed by atoms with Gasteiger partial charge in [0.25, 0.3) is 0 Å². The third-order valence-corrected chi connectivity index (χ3v) is 3.94. The van der Waals surface area contributed by atoms with Gasteiger partial charge in [0, 0.05) is 0 Å². The fourth-order valence-electron chi connectivity index (χ4n) is 2.67. The number of hydrogen-bond donors (Lipinski definition) is 1. The number of Topliss-reactive ketones (excluding diaryl/α,β-unsaturated/α-hetero) is 1. The van der Waals surface area contributed by atoms with Gasteiger partial charge in [0.15, 0.2) is 5.78 Å². The smallest absolute Gasteiger partial charge is 0.408 e. The van der Waals surface area contributed by atoms with E-state index in [9.17, 15) is 9.59 Å². The predicted octanol–water partition coefficient (Wildman–Crippen LogP) is 3.20. The summed E-state index contributed by atoms with van der Waals surface area (Å²) in [7, 11) is 0. The van der Waals surface area contributed by atoms with Gasteiger partial charge in [0.2, 0.25) is 0 Å². The Balaban J connectivity index is 1.90. The highest BCUT2D eigenvalue weighted by Crippen LogP contribution is 2.29. The SMILES string of the molecule is CC(=O)C1(NC(=O)OCc2ccccc2)CCCCC1. The fraction of sp³-hybridized carbons (Fsp3) is 0.500. The Morgan fingerprint density at radius 2 is 1.80 bits per heavy atom. The summed E-state index contributed by atoms with van der Waals surface area (Å²) in [5, 5.41) is 2.79. The van der Waals surface area contributed by atoms with Crippen molar-refractivity contribution >= 4 is 11.9 Å². The van der Waals surface area contributed by atoms with Crippen molar-refractivity contribution in [3.63, 3.8) is 0 Å². The number of hydrogen-bond acceptors (Lipinski definition) is 3. The molecule has 1 aromatic carbocycles. The molecular weight excluding hydrogens is 254 g/mol. The lowest BCUT2D eigenvalue weighted by Crippen LogP contribution is -2.54. The molecule has 1 N–H and O–H groups in total. The fourth-order valence-corrected chi connectivity index (χ4v) is 2.67. The van der Waals surface area contributed by atoms with Crippen LogP contribution in [0.5, 0.6) is 0 Å². The molecule has 0 aromatic heterocycles. The molecule has 1 fully saturated rings. The van der Waals surface area contributed by atoms with Crippen molar-refractivity contribution in [1.82, 2.24) is 5.32 Å². The van der Waals surface area contributed by atoms with Crippen LogP contribution >= 0.6 is 0 Å². The number of amides is 1. The maximum Gasteiger partial charge on any atom is 0.408 e. The molecule has 4 nitrogen and oxygen atoms in total. The Bertz CT molecular complexity index is 464. The molecule has 0 heterocycles. The second kappa shape index (κ2) is 6.55. The Kier molecular flexibility index (Phi) is 4.77. The van der Waals surface area contributed by atoms with E-state index in [1.807, 2.05) is 30.3 Å². The number of ether oxygens (including phenoxy) is 1. The van der Waals surface area contributed by atoms with Crippen LogP contribution in [0.15, 0.2) is 30.3 Å². The van der Waals surface area contributed by atoms with E-state index in [-0.39, 0.29) is 12.4 Å². The Hall–Kier alpha value is -1.84. The standard InChI is InChI=1S/C16H21NO3/c1-13(18)16(10-6-3-7-11-16)17-15(19)20-12-14-8-4-2-5-9-14/h2,4-5,8-9H,3,6-7,10-12H2,1H3,(H,17,19). The largest absolute Gasteiger partial charge is 0.445 e. The van der Waals surface area contributed by atoms with Crippen LogP contribution in [0.4, 0.5) is 4.79 Å². The van der Waals surface area contributed by atoms with E-state index in [1.54, 1.807) is 6.92 Å². The molecule has 1 aliphatic rings. The summed E-state index contributed by atoms with van der Waals surface area (Å²) in [6, 6.07) is 9.50. The molecule has 0 unspecified atom stereocenters. The van der Waals surface area contributed by atoms with Gasteiger partial charge in [-0.2, -0.15) is 0 Å². The summed E-state index contributed by atoms with van der Waals surface area (Å²) in [5.41, 5.74) is 0.217. The Morgan fingerprint density at radius 1 is 1.15 bits per heavy atom. The van der Waals surface area contributed by atoms with E-state index in [0.29, 0.717) is 12.8 Å². The zero-order chi connectivity index (χ0) is 14.4. The van der Waals surface area contributed by atoms with Crippen LogP contribution < -0.4 is 5.32 Å². The molecule has 1 amide bonds. The highest BCUT2D eigenvalue weighted by molar-refractivity contribution is 5.89. The van der Waals surface area contributed by atoms with Gasteiger partial charge in [0.1, 0.15) is 12.1 Å². The molecule has 0 saturated heterocycles. The van der Waals surface area contributed by atoms with Crippen molar-refractivity contribution in [3.05, 3.63) is 35.9 Å². The van der Waals surface area contributed by atoms with Crippen LogP contribution in [0.1, 0.15) is 44.6 Å². The lowest BCUT2D eigenvalue weighted by molar-refractivity contribution is -0.124. The summed E-state index contributed by atoms with van der Waals surface area (Å²) >= 11 is 0. The van der Waals surface area contributed by atoms with E-state index in [0.717, 1.165) is 24.8 Å². The molecule has 1 aromatic rings. The number of carbonyl (C=O) groups excluding carboxylic acids is 2. The lowest BCUT2D eigenvalue weighted by Gasteiger charge is -2.35. The minimum absolute atomic E-state index is 0.0221. The third kappa shape index (κ3) is 3.59. The first-order valence-electron chi connectivity index (χ1n) is 7.12. The number of benzene rings is 1. The summed E-state index contributed by atoms with van der Waals surface area (Å²) in [6.45, 7) is 1.77. The van der Waals surface area contributed by atoms with Crippen molar-refractivity contribution in [2.45, 2.75) is 51.2 Å². The van der Waals surface area contributed by atoms with Crippen LogP contribution in [0.3, 0.4) is 0 Å². The van der Waals surface area contributed by atoms with E-state index in [2.05, 4.69) is 5.32 Å². The molecule has 0 aliphatic heterocycles. The predicted molar refractivity (Wildman–Crippen MR) is 76.3 cm³/mol. The van der Waals surface area contributed by atoms with Gasteiger partial charge in [-0.3, -0.25) is 4.79 Å². The van der Waals surface area contributed by atoms with E-state index in [4.69, 9.17) is 4.74 Å². The maximum atomic E-state index is 11.9. The van der Waals surface area contributed by atoms with E-state index < -0.39 is 11.6 Å².